The summed E-state index contributed by atoms with van der Waals surface area (Å²) >= 11 is 1.30. The lowest BCUT2D eigenvalue weighted by Crippen LogP contribution is -2.42. The van der Waals surface area contributed by atoms with Gasteiger partial charge >= 0.3 is 0 Å². The average molecular weight is 458 g/mol. The number of nitrogens with zero attached hydrogens (tertiary/aromatic N) is 3. The number of aromatic nitrogens is 2. The monoisotopic (exact) mass is 457 g/mol. The number of hydrazone groups is 1. The fourth-order valence-corrected chi connectivity index (χ4v) is 6.29. The van der Waals surface area contributed by atoms with E-state index >= 15 is 0 Å². The predicted octanol–water partition coefficient (Wildman–Crippen LogP) is 2.40. The minimum atomic E-state index is -3.16. The van der Waals surface area contributed by atoms with E-state index in [-0.39, 0.29) is 36.0 Å². The molecule has 1 saturated heterocycles. The zero-order valence-electron chi connectivity index (χ0n) is 16.4. The normalized spacial score (nSPS) is 20.8. The Labute approximate surface area is 182 Å². The lowest BCUT2D eigenvalue weighted by atomic mass is 10.1. The summed E-state index contributed by atoms with van der Waals surface area (Å²) in [5, 5.41) is 11.5. The van der Waals surface area contributed by atoms with Crippen molar-refractivity contribution in [2.45, 2.75) is 25.3 Å². The maximum absolute atomic E-state index is 12.7. The summed E-state index contributed by atoms with van der Waals surface area (Å²) in [7, 11) is -3.16. The summed E-state index contributed by atoms with van der Waals surface area (Å²) in [6, 6.07) is 7.39. The first-order valence-electron chi connectivity index (χ1n) is 9.83. The third-order valence-corrected chi connectivity index (χ3v) is 7.97. The Hall–Kier alpha value is -3.05. The van der Waals surface area contributed by atoms with Gasteiger partial charge in [0.25, 0.3) is 5.91 Å². The fourth-order valence-electron chi connectivity index (χ4n) is 3.90. The Kier molecular flexibility index (Phi) is 4.86. The quantitative estimate of drug-likeness (QED) is 0.622. The van der Waals surface area contributed by atoms with Crippen molar-refractivity contribution < 1.29 is 18.0 Å². The molecule has 5 rings (SSSR count). The zero-order valence-corrected chi connectivity index (χ0v) is 18.0. The van der Waals surface area contributed by atoms with Crippen LogP contribution in [0.2, 0.25) is 0 Å². The number of benzene rings is 1. The standard InChI is InChI=1S/C20H19N5O4S2/c26-18-6-5-16(24-25(18)12-7-8-31(28,29)11-12)19(27)23-20-22-17(10-30-20)14-9-21-15-4-2-1-3-13(14)15/h1-4,9-10,12,21H,5-8,11H2,(H,22,23,27). The molecule has 0 bridgehead atoms. The van der Waals surface area contributed by atoms with Crippen LogP contribution in [0.25, 0.3) is 22.2 Å². The van der Waals surface area contributed by atoms with Gasteiger partial charge in [0.2, 0.25) is 5.91 Å². The third kappa shape index (κ3) is 3.86. The third-order valence-electron chi connectivity index (χ3n) is 5.47. The number of rotatable bonds is 4. The number of hydrogen-bond acceptors (Lipinski definition) is 7. The lowest BCUT2D eigenvalue weighted by molar-refractivity contribution is -0.133. The fraction of sp³-hybridized carbons (Fsp3) is 0.300. The van der Waals surface area contributed by atoms with Crippen molar-refractivity contribution in [3.05, 3.63) is 35.8 Å². The van der Waals surface area contributed by atoms with Crippen LogP contribution in [-0.2, 0) is 19.4 Å². The molecule has 4 heterocycles. The molecular weight excluding hydrogens is 438 g/mol. The number of fused-ring (bicyclic) bond motifs is 1. The molecule has 0 saturated carbocycles. The minimum Gasteiger partial charge on any atom is -0.360 e. The predicted molar refractivity (Wildman–Crippen MR) is 119 cm³/mol. The van der Waals surface area contributed by atoms with Crippen molar-refractivity contribution in [1.29, 1.82) is 0 Å². The highest BCUT2D eigenvalue weighted by atomic mass is 32.2. The molecule has 0 spiro atoms. The first-order chi connectivity index (χ1) is 14.9. The second kappa shape index (κ2) is 7.57. The Morgan fingerprint density at radius 2 is 2.10 bits per heavy atom. The first-order valence-corrected chi connectivity index (χ1v) is 12.5. The van der Waals surface area contributed by atoms with E-state index in [4.69, 9.17) is 0 Å². The average Bonchev–Trinajstić information content (AvgIpc) is 3.46. The topological polar surface area (TPSA) is 125 Å². The number of carbonyl (C=O) groups excluding carboxylic acids is 2. The summed E-state index contributed by atoms with van der Waals surface area (Å²) in [5.41, 5.74) is 2.90. The number of amides is 2. The van der Waals surface area contributed by atoms with E-state index in [9.17, 15) is 18.0 Å². The first kappa shape index (κ1) is 19.9. The van der Waals surface area contributed by atoms with Gasteiger partial charge in [-0.2, -0.15) is 5.10 Å². The number of H-pyrrole nitrogens is 1. The number of carbonyl (C=O) groups is 2. The molecule has 2 aromatic heterocycles. The van der Waals surface area contributed by atoms with Crippen LogP contribution in [0.4, 0.5) is 5.13 Å². The van der Waals surface area contributed by atoms with E-state index in [1.165, 1.54) is 16.3 Å². The van der Waals surface area contributed by atoms with E-state index in [1.807, 2.05) is 35.8 Å². The summed E-state index contributed by atoms with van der Waals surface area (Å²) in [6.45, 7) is 0. The highest BCUT2D eigenvalue weighted by Gasteiger charge is 2.37. The van der Waals surface area contributed by atoms with Gasteiger partial charge in [0.05, 0.1) is 23.2 Å². The van der Waals surface area contributed by atoms with Gasteiger partial charge in [-0.3, -0.25) is 14.9 Å². The van der Waals surface area contributed by atoms with Crippen LogP contribution < -0.4 is 5.32 Å². The van der Waals surface area contributed by atoms with Crippen LogP contribution in [0.3, 0.4) is 0 Å². The molecule has 9 nitrogen and oxygen atoms in total. The van der Waals surface area contributed by atoms with Crippen molar-refractivity contribution in [2.75, 3.05) is 16.8 Å². The molecule has 1 atom stereocenters. The van der Waals surface area contributed by atoms with Crippen LogP contribution in [0.1, 0.15) is 19.3 Å². The van der Waals surface area contributed by atoms with Crippen LogP contribution in [0.15, 0.2) is 40.9 Å². The molecule has 160 valence electrons. The highest BCUT2D eigenvalue weighted by molar-refractivity contribution is 7.91. The molecular formula is C20H19N5O4S2. The molecule has 2 aliphatic rings. The van der Waals surface area contributed by atoms with Gasteiger partial charge in [-0.15, -0.1) is 11.3 Å². The van der Waals surface area contributed by atoms with E-state index < -0.39 is 21.8 Å². The number of nitrogens with one attached hydrogen (secondary N) is 2. The van der Waals surface area contributed by atoms with E-state index in [0.717, 1.165) is 22.2 Å². The zero-order chi connectivity index (χ0) is 21.6. The van der Waals surface area contributed by atoms with Gasteiger partial charge in [0.1, 0.15) is 5.71 Å². The summed E-state index contributed by atoms with van der Waals surface area (Å²) in [5.74, 6) is -0.765. The van der Waals surface area contributed by atoms with E-state index in [2.05, 4.69) is 20.4 Å². The molecule has 0 radical (unpaired) electrons. The van der Waals surface area contributed by atoms with Crippen LogP contribution >= 0.6 is 11.3 Å². The van der Waals surface area contributed by atoms with Crippen LogP contribution in [0, 0.1) is 0 Å². The molecule has 1 fully saturated rings. The minimum absolute atomic E-state index is 0.0359. The maximum atomic E-state index is 12.7. The molecule has 2 N–H and O–H groups in total. The molecule has 3 aromatic rings. The Balaban J connectivity index is 1.33. The van der Waals surface area contributed by atoms with Crippen molar-refractivity contribution >= 4 is 54.7 Å². The van der Waals surface area contributed by atoms with Crippen molar-refractivity contribution in [1.82, 2.24) is 15.0 Å². The largest absolute Gasteiger partial charge is 0.360 e. The van der Waals surface area contributed by atoms with E-state index in [1.54, 1.807) is 0 Å². The molecule has 11 heteroatoms. The van der Waals surface area contributed by atoms with Crippen molar-refractivity contribution in [3.8, 4) is 11.3 Å². The Morgan fingerprint density at radius 1 is 1.26 bits per heavy atom. The second-order valence-electron chi connectivity index (χ2n) is 7.58. The molecule has 1 unspecified atom stereocenters. The smallest absolute Gasteiger partial charge is 0.273 e. The maximum Gasteiger partial charge on any atom is 0.273 e. The number of para-hydroxylation sites is 1. The molecule has 2 amide bonds. The number of thiazole rings is 1. The van der Waals surface area contributed by atoms with Gasteiger partial charge in [-0.25, -0.2) is 18.4 Å². The number of anilines is 1. The Morgan fingerprint density at radius 3 is 2.90 bits per heavy atom. The number of aromatic amines is 1. The number of hydrogen-bond donors (Lipinski definition) is 2. The van der Waals surface area contributed by atoms with Gasteiger partial charge < -0.3 is 4.98 Å². The van der Waals surface area contributed by atoms with Crippen molar-refractivity contribution in [3.63, 3.8) is 0 Å². The molecule has 0 aliphatic carbocycles. The Bertz CT molecular complexity index is 1320. The summed E-state index contributed by atoms with van der Waals surface area (Å²) in [4.78, 5) is 32.7. The van der Waals surface area contributed by atoms with Gasteiger partial charge in [-0.1, -0.05) is 18.2 Å². The summed E-state index contributed by atoms with van der Waals surface area (Å²) in [6.07, 6.45) is 2.56. The van der Waals surface area contributed by atoms with Gasteiger partial charge in [-0.05, 0) is 12.5 Å². The SMILES string of the molecule is O=C(Nc1nc(-c2c[nH]c3ccccc23)cs1)C1=NN(C2CCS(=O)(=O)C2)C(=O)CC1. The van der Waals surface area contributed by atoms with Crippen LogP contribution in [0.5, 0.6) is 0 Å². The summed E-state index contributed by atoms with van der Waals surface area (Å²) < 4.78 is 23.5. The highest BCUT2D eigenvalue weighted by Crippen LogP contribution is 2.31. The molecule has 1 aromatic carbocycles. The van der Waals surface area contributed by atoms with E-state index in [0.29, 0.717) is 11.6 Å². The second-order valence-corrected chi connectivity index (χ2v) is 10.7. The van der Waals surface area contributed by atoms with Crippen molar-refractivity contribution in [2.24, 2.45) is 5.10 Å². The molecule has 2 aliphatic heterocycles. The number of sulfone groups is 1. The molecule has 31 heavy (non-hydrogen) atoms. The van der Waals surface area contributed by atoms with Gasteiger partial charge in [0.15, 0.2) is 15.0 Å². The van der Waals surface area contributed by atoms with Gasteiger partial charge in [0, 0.05) is 40.9 Å². The lowest BCUT2D eigenvalue weighted by Gasteiger charge is -2.27. The van der Waals surface area contributed by atoms with Crippen LogP contribution in [-0.4, -0.2) is 58.5 Å².